The first kappa shape index (κ1) is 18.5. The van der Waals surface area contributed by atoms with E-state index in [1.165, 1.54) is 0 Å². The van der Waals surface area contributed by atoms with Crippen LogP contribution in [0.2, 0.25) is 0 Å². The molecule has 0 bridgehead atoms. The van der Waals surface area contributed by atoms with E-state index in [4.69, 9.17) is 9.47 Å². The summed E-state index contributed by atoms with van der Waals surface area (Å²) < 4.78 is 10.5. The fourth-order valence-corrected chi connectivity index (χ4v) is 2.77. The maximum atomic E-state index is 12.3. The summed E-state index contributed by atoms with van der Waals surface area (Å²) in [6.45, 7) is 1.80. The number of benzene rings is 3. The first-order valence-corrected chi connectivity index (χ1v) is 8.80. The fourth-order valence-electron chi connectivity index (χ4n) is 2.77. The normalized spacial score (nSPS) is 10.4. The second-order valence-electron chi connectivity index (χ2n) is 5.93. The smallest absolute Gasteiger partial charge is 0.344 e. The van der Waals surface area contributed by atoms with Crippen molar-refractivity contribution in [3.63, 3.8) is 0 Å². The Kier molecular flexibility index (Phi) is 6.05. The number of hydrogen-bond acceptors (Lipinski definition) is 4. The van der Waals surface area contributed by atoms with Crippen LogP contribution in [0.25, 0.3) is 10.8 Å². The Morgan fingerprint density at radius 2 is 1.56 bits per heavy atom. The lowest BCUT2D eigenvalue weighted by molar-refractivity contribution is -0.149. The summed E-state index contributed by atoms with van der Waals surface area (Å²) in [6.07, 6.45) is 0. The summed E-state index contributed by atoms with van der Waals surface area (Å²) in [6, 6.07) is 22.8. The number of esters is 1. The average molecular weight is 363 g/mol. The Balaban J connectivity index is 1.50. The molecule has 3 aromatic carbocycles. The zero-order valence-corrected chi connectivity index (χ0v) is 15.1. The van der Waals surface area contributed by atoms with Crippen molar-refractivity contribution in [1.29, 1.82) is 0 Å². The van der Waals surface area contributed by atoms with Gasteiger partial charge in [0.15, 0.2) is 13.2 Å². The van der Waals surface area contributed by atoms with Gasteiger partial charge in [-0.2, -0.15) is 0 Å². The van der Waals surface area contributed by atoms with E-state index in [0.717, 1.165) is 16.5 Å². The molecule has 0 aliphatic rings. The molecule has 0 heterocycles. The Morgan fingerprint density at radius 1 is 0.852 bits per heavy atom. The van der Waals surface area contributed by atoms with Gasteiger partial charge in [-0.3, -0.25) is 4.79 Å². The van der Waals surface area contributed by atoms with Gasteiger partial charge in [0.1, 0.15) is 5.75 Å². The van der Waals surface area contributed by atoms with Crippen LogP contribution in [0.3, 0.4) is 0 Å². The molecule has 0 fully saturated rings. The zero-order valence-electron chi connectivity index (χ0n) is 15.1. The van der Waals surface area contributed by atoms with Crippen LogP contribution >= 0.6 is 0 Å². The summed E-state index contributed by atoms with van der Waals surface area (Å²) in [4.78, 5) is 25.8. The highest BCUT2D eigenvalue weighted by molar-refractivity contribution is 5.95. The molecule has 5 nitrogen and oxygen atoms in total. The van der Waals surface area contributed by atoms with Crippen LogP contribution < -0.4 is 9.64 Å². The Morgan fingerprint density at radius 3 is 2.30 bits per heavy atom. The minimum Gasteiger partial charge on any atom is -0.482 e. The largest absolute Gasteiger partial charge is 0.482 e. The van der Waals surface area contributed by atoms with Crippen LogP contribution in [0.1, 0.15) is 6.92 Å². The van der Waals surface area contributed by atoms with Crippen LogP contribution in [-0.2, 0) is 14.3 Å². The highest BCUT2D eigenvalue weighted by Gasteiger charge is 2.16. The molecule has 138 valence electrons. The second-order valence-corrected chi connectivity index (χ2v) is 5.93. The van der Waals surface area contributed by atoms with Crippen molar-refractivity contribution in [2.24, 2.45) is 0 Å². The number of nitrogens with zero attached hydrogens (tertiary/aromatic N) is 1. The van der Waals surface area contributed by atoms with E-state index in [-0.39, 0.29) is 19.1 Å². The highest BCUT2D eigenvalue weighted by atomic mass is 16.6. The molecule has 0 radical (unpaired) electrons. The third kappa shape index (κ3) is 4.85. The molecule has 0 aliphatic heterocycles. The van der Waals surface area contributed by atoms with Crippen LogP contribution in [0.4, 0.5) is 5.69 Å². The molecular formula is C22H21NO4. The van der Waals surface area contributed by atoms with Crippen molar-refractivity contribution >= 4 is 28.3 Å². The van der Waals surface area contributed by atoms with E-state index >= 15 is 0 Å². The predicted molar refractivity (Wildman–Crippen MR) is 105 cm³/mol. The molecule has 0 unspecified atom stereocenters. The number of amides is 1. The molecule has 0 aromatic heterocycles. The molecule has 0 atom stereocenters. The molecule has 1 amide bonds. The standard InChI is InChI=1S/C22H21NO4/c1-2-23(19-10-4-3-5-11-19)21(24)15-27-22(25)16-26-20-13-12-17-8-6-7-9-18(17)14-20/h3-14H,2,15-16H2,1H3. The van der Waals surface area contributed by atoms with E-state index in [1.54, 1.807) is 11.0 Å². The van der Waals surface area contributed by atoms with Gasteiger partial charge in [-0.15, -0.1) is 0 Å². The minimum atomic E-state index is -0.583. The van der Waals surface area contributed by atoms with E-state index in [0.29, 0.717) is 12.3 Å². The van der Waals surface area contributed by atoms with Crippen molar-refractivity contribution in [3.05, 3.63) is 72.8 Å². The molecule has 0 saturated carbocycles. The number of carbonyl (C=O) groups is 2. The molecule has 5 heteroatoms. The van der Waals surface area contributed by atoms with Crippen molar-refractivity contribution in [2.75, 3.05) is 24.7 Å². The van der Waals surface area contributed by atoms with Crippen LogP contribution in [0.5, 0.6) is 5.75 Å². The molecular weight excluding hydrogens is 342 g/mol. The fraction of sp³-hybridized carbons (Fsp3) is 0.182. The van der Waals surface area contributed by atoms with Gasteiger partial charge in [-0.05, 0) is 42.0 Å². The average Bonchev–Trinajstić information content (AvgIpc) is 2.72. The third-order valence-electron chi connectivity index (χ3n) is 4.12. The molecule has 3 aromatic rings. The van der Waals surface area contributed by atoms with Gasteiger partial charge in [-0.1, -0.05) is 48.5 Å². The first-order valence-electron chi connectivity index (χ1n) is 8.80. The Hall–Kier alpha value is -3.34. The van der Waals surface area contributed by atoms with Gasteiger partial charge < -0.3 is 14.4 Å². The van der Waals surface area contributed by atoms with Gasteiger partial charge in [0.25, 0.3) is 5.91 Å². The number of anilines is 1. The number of carbonyl (C=O) groups excluding carboxylic acids is 2. The summed E-state index contributed by atoms with van der Waals surface area (Å²) in [5.41, 5.74) is 0.772. The Bertz CT molecular complexity index is 924. The summed E-state index contributed by atoms with van der Waals surface area (Å²) in [5.74, 6) is -0.278. The van der Waals surface area contributed by atoms with Crippen molar-refractivity contribution in [2.45, 2.75) is 6.92 Å². The number of rotatable bonds is 7. The van der Waals surface area contributed by atoms with E-state index in [1.807, 2.05) is 73.7 Å². The number of para-hydroxylation sites is 1. The third-order valence-corrected chi connectivity index (χ3v) is 4.12. The first-order chi connectivity index (χ1) is 13.2. The molecule has 3 rings (SSSR count). The maximum absolute atomic E-state index is 12.3. The van der Waals surface area contributed by atoms with E-state index in [9.17, 15) is 9.59 Å². The summed E-state index contributed by atoms with van der Waals surface area (Å²) >= 11 is 0. The van der Waals surface area contributed by atoms with Crippen molar-refractivity contribution < 1.29 is 19.1 Å². The number of likely N-dealkylation sites (N-methyl/N-ethyl adjacent to an activating group) is 1. The van der Waals surface area contributed by atoms with Gasteiger partial charge in [0, 0.05) is 12.2 Å². The number of ether oxygens (including phenoxy) is 2. The lowest BCUT2D eigenvalue weighted by Crippen LogP contribution is -2.35. The maximum Gasteiger partial charge on any atom is 0.344 e. The number of hydrogen-bond donors (Lipinski definition) is 0. The molecule has 0 spiro atoms. The monoisotopic (exact) mass is 363 g/mol. The number of fused-ring (bicyclic) bond motifs is 1. The molecule has 27 heavy (non-hydrogen) atoms. The summed E-state index contributed by atoms with van der Waals surface area (Å²) in [7, 11) is 0. The van der Waals surface area contributed by atoms with Gasteiger partial charge in [0.2, 0.25) is 0 Å². The quantitative estimate of drug-likeness (QED) is 0.599. The topological polar surface area (TPSA) is 55.8 Å². The predicted octanol–water partition coefficient (Wildman–Crippen LogP) is 3.81. The van der Waals surface area contributed by atoms with Crippen LogP contribution in [-0.4, -0.2) is 31.6 Å². The Labute approximate surface area is 158 Å². The minimum absolute atomic E-state index is 0.247. The van der Waals surface area contributed by atoms with Crippen molar-refractivity contribution in [1.82, 2.24) is 0 Å². The lowest BCUT2D eigenvalue weighted by atomic mass is 10.1. The van der Waals surface area contributed by atoms with Crippen LogP contribution in [0, 0.1) is 0 Å². The summed E-state index contributed by atoms with van der Waals surface area (Å²) in [5, 5.41) is 2.12. The lowest BCUT2D eigenvalue weighted by Gasteiger charge is -2.20. The molecule has 0 saturated heterocycles. The highest BCUT2D eigenvalue weighted by Crippen LogP contribution is 2.20. The van der Waals surface area contributed by atoms with Crippen molar-refractivity contribution in [3.8, 4) is 5.75 Å². The van der Waals surface area contributed by atoms with Crippen LogP contribution in [0.15, 0.2) is 72.8 Å². The van der Waals surface area contributed by atoms with Gasteiger partial charge in [0.05, 0.1) is 0 Å². The van der Waals surface area contributed by atoms with Gasteiger partial charge >= 0.3 is 5.97 Å². The van der Waals surface area contributed by atoms with E-state index < -0.39 is 5.97 Å². The molecule has 0 N–H and O–H groups in total. The SMILES string of the molecule is CCN(C(=O)COC(=O)COc1ccc2ccccc2c1)c1ccccc1. The van der Waals surface area contributed by atoms with Gasteiger partial charge in [-0.25, -0.2) is 4.79 Å². The van der Waals surface area contributed by atoms with E-state index in [2.05, 4.69) is 0 Å². The zero-order chi connectivity index (χ0) is 19.1. The molecule has 0 aliphatic carbocycles. The second kappa shape index (κ2) is 8.85.